The number of carboxylic acid groups (broad SMARTS) is 1. The van der Waals surface area contributed by atoms with Crippen LogP contribution in [-0.4, -0.2) is 32.9 Å². The second-order valence-corrected chi connectivity index (χ2v) is 7.66. The van der Waals surface area contributed by atoms with E-state index in [4.69, 9.17) is 0 Å². The van der Waals surface area contributed by atoms with E-state index in [9.17, 15) is 33.6 Å². The topological polar surface area (TPSA) is 122 Å². The lowest BCUT2D eigenvalue weighted by atomic mass is 10.0. The Hall–Kier alpha value is -4.73. The molecule has 0 bridgehead atoms. The molecular weight excluding hydrogens is 460 g/mol. The van der Waals surface area contributed by atoms with Gasteiger partial charge in [-0.15, -0.1) is 0 Å². The van der Waals surface area contributed by atoms with Crippen molar-refractivity contribution in [3.05, 3.63) is 106 Å². The Morgan fingerprint density at radius 2 is 1.71 bits per heavy atom. The Labute approximate surface area is 197 Å². The van der Waals surface area contributed by atoms with Gasteiger partial charge in [0, 0.05) is 17.9 Å². The van der Waals surface area contributed by atoms with Gasteiger partial charge in [0.05, 0.1) is 21.7 Å². The highest BCUT2D eigenvalue weighted by Gasteiger charge is 2.25. The molecule has 0 radical (unpaired) electrons. The Kier molecular flexibility index (Phi) is 6.45. The zero-order chi connectivity index (χ0) is 25.1. The summed E-state index contributed by atoms with van der Waals surface area (Å²) < 4.78 is 27.8. The first kappa shape index (κ1) is 23.4. The highest BCUT2D eigenvalue weighted by molar-refractivity contribution is 5.97. The Morgan fingerprint density at radius 3 is 2.40 bits per heavy atom. The number of nitrogens with zero attached hydrogens (tertiary/aromatic N) is 2. The van der Waals surface area contributed by atoms with Crippen LogP contribution in [0.15, 0.2) is 72.8 Å². The van der Waals surface area contributed by atoms with E-state index in [1.54, 1.807) is 48.5 Å². The Bertz CT molecular complexity index is 1450. The van der Waals surface area contributed by atoms with Crippen molar-refractivity contribution in [2.24, 2.45) is 0 Å². The van der Waals surface area contributed by atoms with Gasteiger partial charge in [-0.1, -0.05) is 30.3 Å². The number of amides is 1. The second kappa shape index (κ2) is 9.64. The molecule has 35 heavy (non-hydrogen) atoms. The lowest BCUT2D eigenvalue weighted by Gasteiger charge is -2.16. The predicted molar refractivity (Wildman–Crippen MR) is 123 cm³/mol. The second-order valence-electron chi connectivity index (χ2n) is 7.66. The third-order valence-electron chi connectivity index (χ3n) is 5.36. The average Bonchev–Trinajstić information content (AvgIpc) is 2.83. The van der Waals surface area contributed by atoms with E-state index in [1.165, 1.54) is 6.07 Å². The van der Waals surface area contributed by atoms with Crippen LogP contribution < -0.4 is 5.32 Å². The van der Waals surface area contributed by atoms with Crippen molar-refractivity contribution < 1.29 is 28.4 Å². The van der Waals surface area contributed by atoms with Gasteiger partial charge in [-0.05, 0) is 42.0 Å². The van der Waals surface area contributed by atoms with Gasteiger partial charge in [-0.25, -0.2) is 18.6 Å². The summed E-state index contributed by atoms with van der Waals surface area (Å²) in [4.78, 5) is 39.4. The molecule has 0 saturated heterocycles. The Morgan fingerprint density at radius 1 is 1.00 bits per heavy atom. The van der Waals surface area contributed by atoms with Gasteiger partial charge in [0.15, 0.2) is 0 Å². The van der Waals surface area contributed by atoms with Crippen molar-refractivity contribution in [2.75, 3.05) is 0 Å². The van der Waals surface area contributed by atoms with Crippen LogP contribution in [0.5, 0.6) is 0 Å². The van der Waals surface area contributed by atoms with Crippen LogP contribution in [-0.2, 0) is 11.2 Å². The first-order chi connectivity index (χ1) is 16.7. The minimum absolute atomic E-state index is 0.0812. The number of carbonyl (C=O) groups excluding carboxylic acids is 1. The summed E-state index contributed by atoms with van der Waals surface area (Å²) in [7, 11) is 0. The van der Waals surface area contributed by atoms with Gasteiger partial charge < -0.3 is 10.4 Å². The largest absolute Gasteiger partial charge is 0.480 e. The molecule has 4 aromatic rings. The molecule has 3 aromatic carbocycles. The fourth-order valence-corrected chi connectivity index (χ4v) is 3.68. The monoisotopic (exact) mass is 477 g/mol. The number of para-hydroxylation sites is 1. The fraction of sp³-hybridized carbons (Fsp3) is 0.0800. The number of fused-ring (bicyclic) bond motifs is 1. The van der Waals surface area contributed by atoms with E-state index in [1.807, 2.05) is 0 Å². The molecule has 1 atom stereocenters. The molecule has 4 rings (SSSR count). The number of carbonyl (C=O) groups is 2. The van der Waals surface area contributed by atoms with Gasteiger partial charge in [-0.3, -0.25) is 14.9 Å². The summed E-state index contributed by atoms with van der Waals surface area (Å²) >= 11 is 0. The first-order valence-corrected chi connectivity index (χ1v) is 10.4. The quantitative estimate of drug-likeness (QED) is 0.298. The number of benzene rings is 3. The molecule has 10 heteroatoms. The molecule has 0 unspecified atom stereocenters. The average molecular weight is 477 g/mol. The summed E-state index contributed by atoms with van der Waals surface area (Å²) in [5.74, 6) is -4.75. The van der Waals surface area contributed by atoms with Crippen LogP contribution in [0, 0.1) is 21.7 Å². The van der Waals surface area contributed by atoms with E-state index in [-0.39, 0.29) is 12.1 Å². The van der Waals surface area contributed by atoms with Crippen molar-refractivity contribution in [2.45, 2.75) is 12.5 Å². The van der Waals surface area contributed by atoms with E-state index in [2.05, 4.69) is 10.3 Å². The Balaban J connectivity index is 1.59. The van der Waals surface area contributed by atoms with E-state index < -0.39 is 40.0 Å². The summed E-state index contributed by atoms with van der Waals surface area (Å²) in [6.07, 6.45) is -0.154. The van der Waals surface area contributed by atoms with Crippen molar-refractivity contribution >= 4 is 28.5 Å². The highest BCUT2D eigenvalue weighted by Crippen LogP contribution is 2.29. The third-order valence-corrected chi connectivity index (χ3v) is 5.36. The number of hydrogen-bond acceptors (Lipinski definition) is 5. The van der Waals surface area contributed by atoms with Gasteiger partial charge in [0.2, 0.25) is 0 Å². The van der Waals surface area contributed by atoms with E-state index in [0.717, 1.165) is 18.2 Å². The summed E-state index contributed by atoms with van der Waals surface area (Å²) in [5.41, 5.74) is 0.872. The normalized spacial score (nSPS) is 11.7. The maximum atomic E-state index is 13.9. The number of halogens is 2. The van der Waals surface area contributed by atoms with Crippen LogP contribution in [0.4, 0.5) is 14.5 Å². The van der Waals surface area contributed by atoms with Gasteiger partial charge in [-0.2, -0.15) is 0 Å². The van der Waals surface area contributed by atoms with E-state index in [0.29, 0.717) is 27.7 Å². The molecule has 8 nitrogen and oxygen atoms in total. The van der Waals surface area contributed by atoms with Crippen LogP contribution in [0.2, 0.25) is 0 Å². The van der Waals surface area contributed by atoms with Gasteiger partial charge in [0.25, 0.3) is 11.6 Å². The first-order valence-electron chi connectivity index (χ1n) is 10.4. The van der Waals surface area contributed by atoms with Gasteiger partial charge >= 0.3 is 5.97 Å². The molecule has 176 valence electrons. The number of aliphatic carboxylic acids is 1. The minimum atomic E-state index is -1.45. The van der Waals surface area contributed by atoms with Gasteiger partial charge in [0.1, 0.15) is 23.2 Å². The summed E-state index contributed by atoms with van der Waals surface area (Å²) in [5, 5.41) is 23.7. The zero-order valence-electron chi connectivity index (χ0n) is 17.9. The van der Waals surface area contributed by atoms with Crippen LogP contribution in [0.3, 0.4) is 0 Å². The number of nitro benzene ring substituents is 1. The SMILES string of the molecule is O=C(N[C@@H](Cc1ccc2nc(-c3ccccc3[N+](=O)[O-])ccc2c1)C(=O)O)c1c(F)cccc1F. The maximum absolute atomic E-state index is 13.9. The third kappa shape index (κ3) is 4.96. The smallest absolute Gasteiger partial charge is 0.326 e. The number of nitrogens with one attached hydrogen (secondary N) is 1. The lowest BCUT2D eigenvalue weighted by Crippen LogP contribution is -2.42. The number of nitro groups is 1. The standard InChI is InChI=1S/C25H17F2N3O5/c26-17-5-3-6-18(27)23(17)24(31)29-21(25(32)33)13-14-8-10-19-15(12-14)9-11-20(28-19)16-4-1-2-7-22(16)30(34)35/h1-12,21H,13H2,(H,29,31)(H,32,33)/t21-/m0/s1. The van der Waals surface area contributed by atoms with E-state index >= 15 is 0 Å². The molecule has 2 N–H and O–H groups in total. The molecule has 0 aliphatic rings. The van der Waals surface area contributed by atoms with Crippen molar-refractivity contribution in [3.8, 4) is 11.3 Å². The molecule has 0 aliphatic carbocycles. The summed E-state index contributed by atoms with van der Waals surface area (Å²) in [6.45, 7) is 0. The fourth-order valence-electron chi connectivity index (χ4n) is 3.68. The maximum Gasteiger partial charge on any atom is 0.326 e. The molecule has 0 spiro atoms. The molecule has 0 fully saturated rings. The van der Waals surface area contributed by atoms with Crippen LogP contribution in [0.1, 0.15) is 15.9 Å². The molecule has 1 heterocycles. The minimum Gasteiger partial charge on any atom is -0.480 e. The summed E-state index contributed by atoms with van der Waals surface area (Å²) in [6, 6.07) is 15.9. The molecule has 0 saturated carbocycles. The highest BCUT2D eigenvalue weighted by atomic mass is 19.1. The van der Waals surface area contributed by atoms with Crippen molar-refractivity contribution in [1.82, 2.24) is 10.3 Å². The molecule has 1 aromatic heterocycles. The number of hydrogen-bond donors (Lipinski definition) is 2. The number of pyridine rings is 1. The van der Waals surface area contributed by atoms with Crippen molar-refractivity contribution in [3.63, 3.8) is 0 Å². The van der Waals surface area contributed by atoms with Crippen molar-refractivity contribution in [1.29, 1.82) is 0 Å². The zero-order valence-corrected chi connectivity index (χ0v) is 17.9. The molecule has 0 aliphatic heterocycles. The molecular formula is C25H17F2N3O5. The van der Waals surface area contributed by atoms with Crippen LogP contribution >= 0.6 is 0 Å². The molecule has 1 amide bonds. The number of carboxylic acids is 1. The number of aromatic nitrogens is 1. The predicted octanol–water partition coefficient (Wildman–Crippen LogP) is 4.51. The number of rotatable bonds is 7. The lowest BCUT2D eigenvalue weighted by molar-refractivity contribution is -0.384. The van der Waals surface area contributed by atoms with Crippen LogP contribution in [0.25, 0.3) is 22.2 Å².